The second-order valence-corrected chi connectivity index (χ2v) is 15.2. The Hall–Kier alpha value is -1.19. The molecule has 28 heavy (non-hydrogen) atoms. The predicted molar refractivity (Wildman–Crippen MR) is 119 cm³/mol. The van der Waals surface area contributed by atoms with E-state index in [2.05, 4.69) is 0 Å². The van der Waals surface area contributed by atoms with Crippen molar-refractivity contribution in [3.8, 4) is 17.2 Å². The summed E-state index contributed by atoms with van der Waals surface area (Å²) in [6.45, 7) is 0. The van der Waals surface area contributed by atoms with Crippen LogP contribution >= 0.6 is 34.8 Å². The third kappa shape index (κ3) is 4.52. The Morgan fingerprint density at radius 1 is 0.536 bits per heavy atom. The molecule has 146 valence electrons. The molecule has 3 nitrogen and oxygen atoms in total. The van der Waals surface area contributed by atoms with Crippen LogP contribution in [0.1, 0.15) is 0 Å². The third-order valence-corrected chi connectivity index (χ3v) is 16.7. The Labute approximate surface area is 187 Å². The molecule has 0 aliphatic carbocycles. The summed E-state index contributed by atoms with van der Waals surface area (Å²) in [6.07, 6.45) is 0. The molecule has 0 amide bonds. The third-order valence-electron chi connectivity index (χ3n) is 4.18. The van der Waals surface area contributed by atoms with Gasteiger partial charge in [-0.1, -0.05) is 0 Å². The first kappa shape index (κ1) is 21.5. The average Bonchev–Trinajstić information content (AvgIpc) is 2.72. The molecule has 0 N–H and O–H groups in total. The molecule has 0 aromatic heterocycles. The first-order valence-electron chi connectivity index (χ1n) is 8.29. The molecule has 0 saturated heterocycles. The summed E-state index contributed by atoms with van der Waals surface area (Å²) in [5, 5.41) is 1.99. The fraction of sp³-hybridized carbons (Fsp3) is 0.143. The number of halogens is 3. The molecule has 0 bridgehead atoms. The fourth-order valence-corrected chi connectivity index (χ4v) is 14.7. The van der Waals surface area contributed by atoms with E-state index in [0.29, 0.717) is 15.1 Å². The van der Waals surface area contributed by atoms with Crippen molar-refractivity contribution in [2.75, 3.05) is 21.3 Å². The van der Waals surface area contributed by atoms with E-state index in [1.807, 2.05) is 54.6 Å². The van der Waals surface area contributed by atoms with Crippen LogP contribution in [0.2, 0.25) is 15.1 Å². The molecule has 0 fully saturated rings. The van der Waals surface area contributed by atoms with Gasteiger partial charge < -0.3 is 0 Å². The number of hydrogen-bond acceptors (Lipinski definition) is 3. The summed E-state index contributed by atoms with van der Waals surface area (Å²) in [7, 11) is 4.90. The van der Waals surface area contributed by atoms with Crippen LogP contribution in [-0.4, -0.2) is 43.1 Å². The fourth-order valence-electron chi connectivity index (χ4n) is 2.76. The van der Waals surface area contributed by atoms with Crippen LogP contribution in [0.25, 0.3) is 0 Å². The second kappa shape index (κ2) is 9.54. The molecule has 0 unspecified atom stereocenters. The van der Waals surface area contributed by atoms with Crippen molar-refractivity contribution in [3.05, 3.63) is 69.7 Å². The van der Waals surface area contributed by atoms with Crippen LogP contribution in [0.5, 0.6) is 17.2 Å². The average molecular weight is 634 g/mol. The van der Waals surface area contributed by atoms with Gasteiger partial charge in [0, 0.05) is 0 Å². The van der Waals surface area contributed by atoms with Gasteiger partial charge in [-0.15, -0.1) is 0 Å². The summed E-state index contributed by atoms with van der Waals surface area (Å²) in [6, 6.07) is 17.0. The summed E-state index contributed by atoms with van der Waals surface area (Å²) >= 11 is 16.9. The summed E-state index contributed by atoms with van der Waals surface area (Å²) in [4.78, 5) is 0. The van der Waals surface area contributed by atoms with Gasteiger partial charge in [-0.25, -0.2) is 0 Å². The van der Waals surface area contributed by atoms with Crippen molar-refractivity contribution < 1.29 is 14.2 Å². The molecule has 0 heterocycles. The van der Waals surface area contributed by atoms with E-state index in [0.717, 1.165) is 27.1 Å². The molecule has 3 aromatic carbocycles. The van der Waals surface area contributed by atoms with E-state index in [-0.39, 0.29) is 0 Å². The Morgan fingerprint density at radius 2 is 0.821 bits per heavy atom. The summed E-state index contributed by atoms with van der Waals surface area (Å²) in [5.74, 6) is 2.20. The van der Waals surface area contributed by atoms with Gasteiger partial charge >= 0.3 is 189 Å². The minimum atomic E-state index is -3.04. The number of hydrogen-bond donors (Lipinski definition) is 0. The van der Waals surface area contributed by atoms with E-state index in [1.54, 1.807) is 21.3 Å². The zero-order valence-electron chi connectivity index (χ0n) is 15.5. The molecule has 0 atom stereocenters. The molecule has 0 radical (unpaired) electrons. The molecule has 0 aliphatic rings. The van der Waals surface area contributed by atoms with Crippen molar-refractivity contribution in [2.24, 2.45) is 0 Å². The monoisotopic (exact) mass is 632 g/mol. The Bertz CT molecular complexity index is 867. The van der Waals surface area contributed by atoms with Gasteiger partial charge in [0.05, 0.1) is 0 Å². The molecule has 7 heteroatoms. The van der Waals surface area contributed by atoms with Crippen molar-refractivity contribution >= 4 is 66.4 Å². The van der Waals surface area contributed by atoms with Crippen LogP contribution in [-0.2, 0) is 0 Å². The maximum absolute atomic E-state index is 6.65. The van der Waals surface area contributed by atoms with Crippen LogP contribution in [0, 0.1) is 0 Å². The topological polar surface area (TPSA) is 27.7 Å². The molecule has 3 rings (SSSR count). The molecule has 3 aromatic rings. The van der Waals surface area contributed by atoms with E-state index in [4.69, 9.17) is 49.0 Å². The molecular weight excluding hydrogens is 616 g/mol. The predicted octanol–water partition coefficient (Wildman–Crippen LogP) is 4.19. The first-order chi connectivity index (χ1) is 13.5. The zero-order chi connectivity index (χ0) is 20.3. The molecule has 0 spiro atoms. The van der Waals surface area contributed by atoms with Crippen molar-refractivity contribution in [1.82, 2.24) is 0 Å². The summed E-state index contributed by atoms with van der Waals surface area (Å²) < 4.78 is 19.4. The number of ether oxygens (including phenoxy) is 3. The van der Waals surface area contributed by atoms with Gasteiger partial charge in [0.25, 0.3) is 0 Å². The number of benzene rings is 3. The van der Waals surface area contributed by atoms with Crippen LogP contribution in [0.4, 0.5) is 0 Å². The molecular formula is C21H18BiCl3O3. The number of rotatable bonds is 6. The normalized spacial score (nSPS) is 10.8. The van der Waals surface area contributed by atoms with Gasteiger partial charge in [-0.2, -0.15) is 0 Å². The SMILES string of the molecule is COc1ccc(Cl)[c]([Bi]([c]2cc(OC)ccc2Cl)[c]2cc(OC)ccc2Cl)c1. The van der Waals surface area contributed by atoms with Gasteiger partial charge in [0.2, 0.25) is 0 Å². The quantitative estimate of drug-likeness (QED) is 0.382. The van der Waals surface area contributed by atoms with E-state index in [9.17, 15) is 0 Å². The first-order valence-corrected chi connectivity index (χ1v) is 14.6. The van der Waals surface area contributed by atoms with E-state index >= 15 is 0 Å². The maximum atomic E-state index is 6.65. The van der Waals surface area contributed by atoms with E-state index < -0.39 is 21.8 Å². The van der Waals surface area contributed by atoms with Crippen LogP contribution < -0.4 is 24.0 Å². The minimum absolute atomic E-state index is 0.663. The summed E-state index contributed by atoms with van der Waals surface area (Å²) in [5.41, 5.74) is 0. The van der Waals surface area contributed by atoms with Crippen molar-refractivity contribution in [3.63, 3.8) is 0 Å². The number of methoxy groups -OCH3 is 3. The molecule has 0 aliphatic heterocycles. The molecule has 0 saturated carbocycles. The van der Waals surface area contributed by atoms with E-state index in [1.165, 1.54) is 0 Å². The van der Waals surface area contributed by atoms with Crippen molar-refractivity contribution in [1.29, 1.82) is 0 Å². The second-order valence-electron chi connectivity index (χ2n) is 5.79. The van der Waals surface area contributed by atoms with Crippen LogP contribution in [0.3, 0.4) is 0 Å². The Kier molecular flexibility index (Phi) is 7.33. The van der Waals surface area contributed by atoms with Gasteiger partial charge in [0.1, 0.15) is 0 Å². The van der Waals surface area contributed by atoms with Crippen molar-refractivity contribution in [2.45, 2.75) is 0 Å². The van der Waals surface area contributed by atoms with Gasteiger partial charge in [0.15, 0.2) is 0 Å². The zero-order valence-corrected chi connectivity index (χ0v) is 21.2. The van der Waals surface area contributed by atoms with Gasteiger partial charge in [-0.3, -0.25) is 0 Å². The van der Waals surface area contributed by atoms with Crippen LogP contribution in [0.15, 0.2) is 54.6 Å². The standard InChI is InChI=1S/3C7H6ClO.Bi/c3*1-9-7-4-2-6(8)3-5-7;/h3*2,4-5H,1H3;. The Morgan fingerprint density at radius 3 is 1.07 bits per heavy atom. The Balaban J connectivity index is 2.33. The van der Waals surface area contributed by atoms with Gasteiger partial charge in [-0.05, 0) is 0 Å².